The third-order valence-electron chi connectivity index (χ3n) is 3.74. The zero-order valence-electron chi connectivity index (χ0n) is 14.5. The fourth-order valence-electron chi connectivity index (χ4n) is 2.42. The summed E-state index contributed by atoms with van der Waals surface area (Å²) >= 11 is 1.05. The first-order chi connectivity index (χ1) is 13.4. The average Bonchev–Trinajstić information content (AvgIpc) is 2.96. The third-order valence-corrected chi connectivity index (χ3v) is 4.76. The fourth-order valence-corrected chi connectivity index (χ4v) is 3.46. The minimum Gasteiger partial charge on any atom is -0.508 e. The molecule has 3 rings (SSSR count). The number of phenols is 1. The van der Waals surface area contributed by atoms with Gasteiger partial charge in [0.2, 0.25) is 0 Å². The smallest absolute Gasteiger partial charge is 0.344 e. The highest BCUT2D eigenvalue weighted by atomic mass is 32.2. The second-order valence-electron chi connectivity index (χ2n) is 5.61. The summed E-state index contributed by atoms with van der Waals surface area (Å²) in [5.41, 5.74) is 0.812. The molecular formula is C19H14N2O6S. The number of aliphatic hydroxyl groups excluding tert-OH is 1. The van der Waals surface area contributed by atoms with E-state index in [1.54, 1.807) is 18.2 Å². The van der Waals surface area contributed by atoms with Gasteiger partial charge in [-0.1, -0.05) is 23.9 Å². The highest BCUT2D eigenvalue weighted by Crippen LogP contribution is 2.40. The molecule has 0 radical (unpaired) electrons. The lowest BCUT2D eigenvalue weighted by atomic mass is 10.1. The van der Waals surface area contributed by atoms with Crippen LogP contribution in [0.1, 0.15) is 5.56 Å². The molecule has 0 atom stereocenters. The Morgan fingerprint density at radius 1 is 1.21 bits per heavy atom. The van der Waals surface area contributed by atoms with Gasteiger partial charge in [0.05, 0.1) is 22.6 Å². The van der Waals surface area contributed by atoms with Crippen molar-refractivity contribution in [3.05, 3.63) is 80.4 Å². The van der Waals surface area contributed by atoms with E-state index in [0.717, 1.165) is 11.8 Å². The molecule has 2 N–H and O–H groups in total. The Bertz CT molecular complexity index is 1040. The van der Waals surface area contributed by atoms with Crippen LogP contribution in [0.15, 0.2) is 69.8 Å². The van der Waals surface area contributed by atoms with Gasteiger partial charge >= 0.3 is 5.97 Å². The van der Waals surface area contributed by atoms with Crippen LogP contribution in [0.3, 0.4) is 0 Å². The lowest BCUT2D eigenvalue weighted by Crippen LogP contribution is -2.10. The SMILES string of the molecule is COC(=O)C1=C(O)/C(=C\c2cccc(O)c2)SC1=Nc1ccc([N+](=O)[O-])cc1. The van der Waals surface area contributed by atoms with Crippen LogP contribution in [-0.4, -0.2) is 33.3 Å². The van der Waals surface area contributed by atoms with Crippen LogP contribution in [0.4, 0.5) is 11.4 Å². The van der Waals surface area contributed by atoms with Crippen LogP contribution in [0.5, 0.6) is 5.75 Å². The first-order valence-corrected chi connectivity index (χ1v) is 8.74. The summed E-state index contributed by atoms with van der Waals surface area (Å²) in [7, 11) is 1.19. The van der Waals surface area contributed by atoms with Crippen LogP contribution >= 0.6 is 11.8 Å². The maximum absolute atomic E-state index is 12.1. The van der Waals surface area contributed by atoms with E-state index in [-0.39, 0.29) is 27.8 Å². The number of phenolic OH excluding ortho intramolecular Hbond substituents is 1. The highest BCUT2D eigenvalue weighted by molar-refractivity contribution is 8.18. The number of hydrogen-bond acceptors (Lipinski definition) is 8. The number of non-ortho nitro benzene ring substituents is 1. The second kappa shape index (κ2) is 7.97. The number of nitrogens with zero attached hydrogens (tertiary/aromatic N) is 2. The predicted octanol–water partition coefficient (Wildman–Crippen LogP) is 4.10. The van der Waals surface area contributed by atoms with E-state index in [1.165, 1.54) is 43.5 Å². The molecule has 1 aliphatic rings. The Kier molecular flexibility index (Phi) is 5.46. The molecule has 0 spiro atoms. The number of rotatable bonds is 4. The molecule has 0 unspecified atom stereocenters. The highest BCUT2D eigenvalue weighted by Gasteiger charge is 2.33. The van der Waals surface area contributed by atoms with Gasteiger partial charge in [0, 0.05) is 12.1 Å². The second-order valence-corrected chi connectivity index (χ2v) is 6.64. The Balaban J connectivity index is 2.01. The van der Waals surface area contributed by atoms with Crippen LogP contribution < -0.4 is 0 Å². The molecule has 1 heterocycles. The number of esters is 1. The van der Waals surface area contributed by atoms with Gasteiger partial charge in [0.1, 0.15) is 22.1 Å². The summed E-state index contributed by atoms with van der Waals surface area (Å²) in [5, 5.41) is 31.0. The standard InChI is InChI=1S/C19H14N2O6S/c1-27-19(24)16-17(23)15(10-11-3-2-4-14(22)9-11)28-18(16)20-12-5-7-13(8-6-12)21(25)26/h2-10,22-23H,1H3/b15-10+,20-18?. The molecule has 9 heteroatoms. The van der Waals surface area contributed by atoms with Crippen molar-refractivity contribution >= 4 is 40.2 Å². The number of aliphatic hydroxyl groups is 1. The summed E-state index contributed by atoms with van der Waals surface area (Å²) < 4.78 is 4.73. The maximum atomic E-state index is 12.1. The number of carbonyl (C=O) groups is 1. The van der Waals surface area contributed by atoms with Crippen molar-refractivity contribution in [3.8, 4) is 5.75 Å². The topological polar surface area (TPSA) is 122 Å². The first kappa shape index (κ1) is 19.2. The van der Waals surface area contributed by atoms with Crippen LogP contribution in [-0.2, 0) is 9.53 Å². The lowest BCUT2D eigenvalue weighted by Gasteiger charge is -2.01. The van der Waals surface area contributed by atoms with Gasteiger partial charge in [0.15, 0.2) is 0 Å². The number of nitro groups is 1. The average molecular weight is 398 g/mol. The van der Waals surface area contributed by atoms with Crippen molar-refractivity contribution in [1.29, 1.82) is 0 Å². The summed E-state index contributed by atoms with van der Waals surface area (Å²) in [6.45, 7) is 0. The fraction of sp³-hybridized carbons (Fsp3) is 0.0526. The van der Waals surface area contributed by atoms with Gasteiger partial charge in [-0.25, -0.2) is 9.79 Å². The van der Waals surface area contributed by atoms with Crippen LogP contribution in [0, 0.1) is 10.1 Å². The molecule has 2 aromatic carbocycles. The monoisotopic (exact) mass is 398 g/mol. The minimum atomic E-state index is -0.759. The van der Waals surface area contributed by atoms with Crippen molar-refractivity contribution in [3.63, 3.8) is 0 Å². The quantitative estimate of drug-likeness (QED) is 0.451. The van der Waals surface area contributed by atoms with E-state index in [2.05, 4.69) is 4.99 Å². The molecule has 1 aliphatic heterocycles. The molecule has 0 aliphatic carbocycles. The van der Waals surface area contributed by atoms with E-state index in [9.17, 15) is 25.1 Å². The van der Waals surface area contributed by atoms with Crippen molar-refractivity contribution in [2.75, 3.05) is 7.11 Å². The molecule has 0 saturated heterocycles. The largest absolute Gasteiger partial charge is 0.508 e. The Labute approximate surface area is 163 Å². The van der Waals surface area contributed by atoms with E-state index < -0.39 is 10.9 Å². The molecule has 0 amide bonds. The molecule has 2 aromatic rings. The van der Waals surface area contributed by atoms with Gasteiger partial charge < -0.3 is 14.9 Å². The van der Waals surface area contributed by atoms with E-state index in [4.69, 9.17) is 4.74 Å². The van der Waals surface area contributed by atoms with Gasteiger partial charge in [-0.2, -0.15) is 0 Å². The summed E-state index contributed by atoms with van der Waals surface area (Å²) in [4.78, 5) is 27.0. The number of benzene rings is 2. The first-order valence-electron chi connectivity index (χ1n) is 7.93. The van der Waals surface area contributed by atoms with E-state index in [1.807, 2.05) is 0 Å². The Morgan fingerprint density at radius 3 is 2.54 bits per heavy atom. The molecule has 0 fully saturated rings. The predicted molar refractivity (Wildman–Crippen MR) is 106 cm³/mol. The number of methoxy groups -OCH3 is 1. The lowest BCUT2D eigenvalue weighted by molar-refractivity contribution is -0.384. The van der Waals surface area contributed by atoms with Gasteiger partial charge in [0.25, 0.3) is 5.69 Å². The number of aliphatic imine (C=N–C) groups is 1. The molecule has 142 valence electrons. The number of thioether (sulfide) groups is 1. The number of nitro benzene ring substituents is 1. The summed E-state index contributed by atoms with van der Waals surface area (Å²) in [5.74, 6) is -0.986. The minimum absolute atomic E-state index is 0.0637. The van der Waals surface area contributed by atoms with Gasteiger partial charge in [-0.05, 0) is 35.9 Å². The van der Waals surface area contributed by atoms with Crippen molar-refractivity contribution in [2.45, 2.75) is 0 Å². The molecular weight excluding hydrogens is 384 g/mol. The maximum Gasteiger partial charge on any atom is 0.344 e. The Hall–Kier alpha value is -3.59. The normalized spacial score (nSPS) is 16.6. The number of carbonyl (C=O) groups excluding carboxylic acids is 1. The number of ether oxygens (including phenoxy) is 1. The molecule has 0 aromatic heterocycles. The third kappa shape index (κ3) is 4.04. The number of aromatic hydroxyl groups is 1. The molecule has 0 saturated carbocycles. The zero-order valence-corrected chi connectivity index (χ0v) is 15.3. The number of hydrogen-bond donors (Lipinski definition) is 2. The van der Waals surface area contributed by atoms with Crippen LogP contribution in [0.25, 0.3) is 6.08 Å². The van der Waals surface area contributed by atoms with Gasteiger partial charge in [-0.3, -0.25) is 10.1 Å². The van der Waals surface area contributed by atoms with Crippen molar-refractivity contribution in [2.24, 2.45) is 4.99 Å². The summed E-state index contributed by atoms with van der Waals surface area (Å²) in [6, 6.07) is 11.9. The van der Waals surface area contributed by atoms with E-state index in [0.29, 0.717) is 16.2 Å². The van der Waals surface area contributed by atoms with Gasteiger partial charge in [-0.15, -0.1) is 0 Å². The van der Waals surface area contributed by atoms with Crippen LogP contribution in [0.2, 0.25) is 0 Å². The zero-order chi connectivity index (χ0) is 20.3. The van der Waals surface area contributed by atoms with E-state index >= 15 is 0 Å². The van der Waals surface area contributed by atoms with Crippen molar-refractivity contribution < 1.29 is 24.7 Å². The summed E-state index contributed by atoms with van der Waals surface area (Å²) in [6.07, 6.45) is 1.60. The molecule has 28 heavy (non-hydrogen) atoms. The molecule has 8 nitrogen and oxygen atoms in total. The van der Waals surface area contributed by atoms with Crippen molar-refractivity contribution in [1.82, 2.24) is 0 Å². The Morgan fingerprint density at radius 2 is 1.93 bits per heavy atom. The molecule has 0 bridgehead atoms.